The fourth-order valence-corrected chi connectivity index (χ4v) is 5.01. The van der Waals surface area contributed by atoms with E-state index < -0.39 is 0 Å². The summed E-state index contributed by atoms with van der Waals surface area (Å²) in [6.07, 6.45) is 8.23. The minimum Gasteiger partial charge on any atom is -0.335 e. The second-order valence-electron chi connectivity index (χ2n) is 8.50. The maximum absolute atomic E-state index is 12.0. The zero-order valence-electron chi connectivity index (χ0n) is 19.7. The number of nitrogens with zero attached hydrogens (tertiary/aromatic N) is 5. The summed E-state index contributed by atoms with van der Waals surface area (Å²) in [5, 5.41) is 10.4. The van der Waals surface area contributed by atoms with Crippen LogP contribution in [0.25, 0.3) is 55.3 Å². The molecule has 0 bridgehead atoms. The zero-order chi connectivity index (χ0) is 24.6. The molecule has 6 heterocycles. The van der Waals surface area contributed by atoms with Gasteiger partial charge in [0.1, 0.15) is 11.0 Å². The fourth-order valence-electron chi connectivity index (χ4n) is 4.13. The van der Waals surface area contributed by atoms with Gasteiger partial charge in [-0.05, 0) is 43.7 Å². The molecule has 0 unspecified atom stereocenters. The summed E-state index contributed by atoms with van der Waals surface area (Å²) in [5.74, 6) is 0.579. The number of aromatic amines is 2. The van der Waals surface area contributed by atoms with Gasteiger partial charge in [0.05, 0.1) is 34.8 Å². The Morgan fingerprint density at radius 2 is 1.89 bits per heavy atom. The lowest BCUT2D eigenvalue weighted by Crippen LogP contribution is -2.10. The molecule has 0 aromatic carbocycles. The third-order valence-corrected chi connectivity index (χ3v) is 6.86. The lowest BCUT2D eigenvalue weighted by atomic mass is 10.1. The van der Waals surface area contributed by atoms with Crippen LogP contribution in [0.5, 0.6) is 0 Å². The summed E-state index contributed by atoms with van der Waals surface area (Å²) in [5.41, 5.74) is 6.91. The van der Waals surface area contributed by atoms with Gasteiger partial charge >= 0.3 is 0 Å². The molecule has 0 aliphatic heterocycles. The maximum Gasteiger partial charge on any atom is 0.224 e. The van der Waals surface area contributed by atoms with Gasteiger partial charge in [-0.3, -0.25) is 19.9 Å². The van der Waals surface area contributed by atoms with E-state index in [9.17, 15) is 4.79 Å². The Hall–Kier alpha value is -4.44. The first-order chi connectivity index (χ1) is 17.6. The van der Waals surface area contributed by atoms with Crippen molar-refractivity contribution in [2.75, 3.05) is 5.32 Å². The van der Waals surface area contributed by atoms with Crippen molar-refractivity contribution >= 4 is 45.0 Å². The molecule has 3 N–H and O–H groups in total. The Kier molecular flexibility index (Phi) is 5.49. The van der Waals surface area contributed by atoms with E-state index in [2.05, 4.69) is 49.5 Å². The topological polar surface area (TPSA) is 125 Å². The molecule has 0 saturated carbocycles. The van der Waals surface area contributed by atoms with Gasteiger partial charge in [-0.2, -0.15) is 5.10 Å². The van der Waals surface area contributed by atoms with Crippen molar-refractivity contribution in [3.63, 3.8) is 0 Å². The summed E-state index contributed by atoms with van der Waals surface area (Å²) in [4.78, 5) is 36.2. The number of aromatic nitrogens is 7. The summed E-state index contributed by atoms with van der Waals surface area (Å²) in [6, 6.07) is 9.89. The number of thiophene rings is 1. The molecule has 0 fully saturated rings. The number of amides is 1. The van der Waals surface area contributed by atoms with Crippen molar-refractivity contribution < 1.29 is 4.79 Å². The lowest BCUT2D eigenvalue weighted by molar-refractivity contribution is -0.116. The van der Waals surface area contributed by atoms with Gasteiger partial charge in [-0.1, -0.05) is 6.92 Å². The minimum atomic E-state index is -0.0339. The smallest absolute Gasteiger partial charge is 0.224 e. The van der Waals surface area contributed by atoms with Crippen LogP contribution >= 0.6 is 11.3 Å². The molecule has 0 saturated heterocycles. The molecule has 0 spiro atoms. The monoisotopic (exact) mass is 494 g/mol. The van der Waals surface area contributed by atoms with Gasteiger partial charge in [0.2, 0.25) is 5.91 Å². The van der Waals surface area contributed by atoms with E-state index in [-0.39, 0.29) is 5.91 Å². The van der Waals surface area contributed by atoms with Crippen LogP contribution in [0.3, 0.4) is 0 Å². The number of carbonyl (C=O) groups is 1. The standard InChI is InChI=1S/C26H22N8OS/c1-3-4-22(35)29-16-9-15(10-27-11-16)18-6-7-19-24(30-18)25(34-33-19)26-31-20-13-28-12-17(23(20)32-26)21-8-5-14(2)36-21/h5-13H,3-4H2,1-2H3,(H,29,35)(H,31,32)(H,33,34). The summed E-state index contributed by atoms with van der Waals surface area (Å²) >= 11 is 1.71. The van der Waals surface area contributed by atoms with Crippen LogP contribution in [0.15, 0.2) is 55.1 Å². The number of imidazole rings is 1. The van der Waals surface area contributed by atoms with Crippen LogP contribution in [0.2, 0.25) is 0 Å². The van der Waals surface area contributed by atoms with E-state index in [4.69, 9.17) is 9.97 Å². The second kappa shape index (κ2) is 8.97. The maximum atomic E-state index is 12.0. The van der Waals surface area contributed by atoms with Crippen molar-refractivity contribution in [1.29, 1.82) is 0 Å². The summed E-state index contributed by atoms with van der Waals surface area (Å²) in [7, 11) is 0. The summed E-state index contributed by atoms with van der Waals surface area (Å²) < 4.78 is 0. The Bertz CT molecular complexity index is 1730. The number of fused-ring (bicyclic) bond motifs is 2. The molecule has 36 heavy (non-hydrogen) atoms. The average Bonchev–Trinajstić information content (AvgIpc) is 3.61. The molecular formula is C26H22N8OS. The number of aryl methyl sites for hydroxylation is 1. The first-order valence-corrected chi connectivity index (χ1v) is 12.4. The second-order valence-corrected chi connectivity index (χ2v) is 9.79. The van der Waals surface area contributed by atoms with Crippen LogP contribution in [0.4, 0.5) is 5.69 Å². The molecule has 0 atom stereocenters. The number of hydrogen-bond donors (Lipinski definition) is 3. The van der Waals surface area contributed by atoms with Gasteiger partial charge in [-0.25, -0.2) is 9.97 Å². The molecule has 10 heteroatoms. The van der Waals surface area contributed by atoms with Crippen LogP contribution in [0, 0.1) is 6.92 Å². The largest absolute Gasteiger partial charge is 0.335 e. The Morgan fingerprint density at radius 1 is 1.00 bits per heavy atom. The molecule has 6 aromatic heterocycles. The highest BCUT2D eigenvalue weighted by Gasteiger charge is 2.18. The highest BCUT2D eigenvalue weighted by atomic mass is 32.1. The van der Waals surface area contributed by atoms with E-state index in [0.717, 1.165) is 44.7 Å². The molecule has 6 aromatic rings. The summed E-state index contributed by atoms with van der Waals surface area (Å²) in [6.45, 7) is 4.06. The Morgan fingerprint density at radius 3 is 2.72 bits per heavy atom. The van der Waals surface area contributed by atoms with E-state index in [1.807, 2.05) is 31.3 Å². The number of rotatable bonds is 6. The first kappa shape index (κ1) is 22.1. The van der Waals surface area contributed by atoms with Crippen LogP contribution in [-0.2, 0) is 4.79 Å². The number of nitrogens with one attached hydrogen (secondary N) is 3. The number of pyridine rings is 3. The van der Waals surface area contributed by atoms with Crippen molar-refractivity contribution in [3.05, 3.63) is 60.0 Å². The van der Waals surface area contributed by atoms with E-state index in [0.29, 0.717) is 29.1 Å². The van der Waals surface area contributed by atoms with Gasteiger partial charge < -0.3 is 10.3 Å². The highest BCUT2D eigenvalue weighted by molar-refractivity contribution is 7.15. The zero-order valence-corrected chi connectivity index (χ0v) is 20.5. The van der Waals surface area contributed by atoms with Gasteiger partial charge in [0.15, 0.2) is 11.5 Å². The predicted molar refractivity (Wildman–Crippen MR) is 142 cm³/mol. The van der Waals surface area contributed by atoms with Crippen molar-refractivity contribution in [2.24, 2.45) is 0 Å². The highest BCUT2D eigenvalue weighted by Crippen LogP contribution is 2.34. The third kappa shape index (κ3) is 4.01. The first-order valence-electron chi connectivity index (χ1n) is 11.6. The van der Waals surface area contributed by atoms with Crippen LogP contribution in [0.1, 0.15) is 24.6 Å². The van der Waals surface area contributed by atoms with Crippen molar-refractivity contribution in [2.45, 2.75) is 26.7 Å². The van der Waals surface area contributed by atoms with Crippen LogP contribution < -0.4 is 5.32 Å². The Labute approximate surface area is 210 Å². The third-order valence-electron chi connectivity index (χ3n) is 5.83. The molecule has 0 aliphatic rings. The molecule has 6 rings (SSSR count). The van der Waals surface area contributed by atoms with Gasteiger partial charge in [0, 0.05) is 39.7 Å². The fraction of sp³-hybridized carbons (Fsp3) is 0.154. The number of anilines is 1. The number of carbonyl (C=O) groups excluding carboxylic acids is 1. The van der Waals surface area contributed by atoms with E-state index in [1.165, 1.54) is 4.88 Å². The number of H-pyrrole nitrogens is 2. The predicted octanol–water partition coefficient (Wildman–Crippen LogP) is 5.73. The van der Waals surface area contributed by atoms with Gasteiger partial charge in [-0.15, -0.1) is 11.3 Å². The van der Waals surface area contributed by atoms with E-state index in [1.54, 1.807) is 29.9 Å². The molecule has 0 aliphatic carbocycles. The van der Waals surface area contributed by atoms with E-state index >= 15 is 0 Å². The Balaban J connectivity index is 1.40. The molecule has 0 radical (unpaired) electrons. The molecule has 1 amide bonds. The quantitative estimate of drug-likeness (QED) is 0.271. The number of hydrogen-bond acceptors (Lipinski definition) is 7. The van der Waals surface area contributed by atoms with Crippen molar-refractivity contribution in [1.82, 2.24) is 35.1 Å². The minimum absolute atomic E-state index is 0.0339. The van der Waals surface area contributed by atoms with Crippen molar-refractivity contribution in [3.8, 4) is 33.2 Å². The molecular weight excluding hydrogens is 472 g/mol. The van der Waals surface area contributed by atoms with Gasteiger partial charge in [0.25, 0.3) is 0 Å². The molecule has 178 valence electrons. The average molecular weight is 495 g/mol. The molecule has 9 nitrogen and oxygen atoms in total. The SMILES string of the molecule is CCCC(=O)Nc1cncc(-c2ccc3[nH]nc(-c4nc5c(-c6ccc(C)s6)cncc5[nH]4)c3n2)c1. The lowest BCUT2D eigenvalue weighted by Gasteiger charge is -2.06. The van der Waals surface area contributed by atoms with Crippen LogP contribution in [-0.4, -0.2) is 41.0 Å². The normalized spacial score (nSPS) is 11.4.